The van der Waals surface area contributed by atoms with Crippen LogP contribution < -0.4 is 5.32 Å². The summed E-state index contributed by atoms with van der Waals surface area (Å²) in [5.41, 5.74) is 2.18. The molecule has 0 aliphatic heterocycles. The van der Waals surface area contributed by atoms with Crippen molar-refractivity contribution in [1.29, 1.82) is 0 Å². The topological polar surface area (TPSA) is 38.3 Å². The maximum Gasteiger partial charge on any atom is 0.217 e. The number of ether oxygens (including phenoxy) is 1. The molecule has 0 spiro atoms. The molecule has 0 heterocycles. The van der Waals surface area contributed by atoms with Gasteiger partial charge in [0.2, 0.25) is 5.91 Å². The second-order valence-electron chi connectivity index (χ2n) is 4.66. The van der Waals surface area contributed by atoms with Crippen LogP contribution in [0.3, 0.4) is 0 Å². The minimum absolute atomic E-state index is 0.0536. The van der Waals surface area contributed by atoms with Crippen molar-refractivity contribution < 1.29 is 9.53 Å². The van der Waals surface area contributed by atoms with E-state index in [9.17, 15) is 4.79 Å². The number of amides is 1. The first-order chi connectivity index (χ1) is 9.75. The van der Waals surface area contributed by atoms with Gasteiger partial charge in [-0.15, -0.1) is 0 Å². The fourth-order valence-electron chi connectivity index (χ4n) is 2.02. The van der Waals surface area contributed by atoms with Gasteiger partial charge in [-0.25, -0.2) is 0 Å². The summed E-state index contributed by atoms with van der Waals surface area (Å²) in [6.07, 6.45) is 0. The van der Waals surface area contributed by atoms with Crippen molar-refractivity contribution in [1.82, 2.24) is 5.32 Å². The van der Waals surface area contributed by atoms with E-state index in [-0.39, 0.29) is 11.9 Å². The average molecular weight is 269 g/mol. The first kappa shape index (κ1) is 14.3. The molecule has 0 aliphatic rings. The third kappa shape index (κ3) is 4.52. The fraction of sp³-hybridized carbons (Fsp3) is 0.235. The normalized spacial score (nSPS) is 11.8. The zero-order chi connectivity index (χ0) is 14.2. The zero-order valence-electron chi connectivity index (χ0n) is 11.6. The number of hydrogen-bond acceptors (Lipinski definition) is 2. The molecule has 0 bridgehead atoms. The van der Waals surface area contributed by atoms with Gasteiger partial charge >= 0.3 is 0 Å². The molecular formula is C17H19NO2. The van der Waals surface area contributed by atoms with Gasteiger partial charge < -0.3 is 10.1 Å². The molecule has 104 valence electrons. The lowest BCUT2D eigenvalue weighted by Gasteiger charge is -2.18. The molecule has 1 amide bonds. The highest BCUT2D eigenvalue weighted by Crippen LogP contribution is 2.14. The van der Waals surface area contributed by atoms with E-state index in [1.807, 2.05) is 60.7 Å². The molecule has 0 fully saturated rings. The molecule has 1 atom stereocenters. The van der Waals surface area contributed by atoms with E-state index in [1.165, 1.54) is 6.92 Å². The first-order valence-corrected chi connectivity index (χ1v) is 6.69. The van der Waals surface area contributed by atoms with Crippen LogP contribution in [0.25, 0.3) is 0 Å². The Morgan fingerprint density at radius 1 is 1.05 bits per heavy atom. The molecule has 20 heavy (non-hydrogen) atoms. The average Bonchev–Trinajstić information content (AvgIpc) is 2.48. The van der Waals surface area contributed by atoms with Crippen LogP contribution in [-0.2, 0) is 16.1 Å². The van der Waals surface area contributed by atoms with Crippen LogP contribution in [0.1, 0.15) is 24.1 Å². The minimum atomic E-state index is -0.114. The van der Waals surface area contributed by atoms with Crippen LogP contribution in [0.4, 0.5) is 0 Å². The van der Waals surface area contributed by atoms with Crippen molar-refractivity contribution >= 4 is 5.91 Å². The van der Waals surface area contributed by atoms with Gasteiger partial charge in [0.15, 0.2) is 0 Å². The van der Waals surface area contributed by atoms with Crippen LogP contribution in [-0.4, -0.2) is 12.5 Å². The molecule has 2 rings (SSSR count). The molecule has 0 saturated carbocycles. The summed E-state index contributed by atoms with van der Waals surface area (Å²) in [5.74, 6) is -0.0536. The van der Waals surface area contributed by atoms with Gasteiger partial charge in [-0.1, -0.05) is 60.7 Å². The Morgan fingerprint density at radius 3 is 2.25 bits per heavy atom. The van der Waals surface area contributed by atoms with E-state index in [2.05, 4.69) is 5.32 Å². The van der Waals surface area contributed by atoms with E-state index in [0.717, 1.165) is 11.1 Å². The van der Waals surface area contributed by atoms with E-state index in [4.69, 9.17) is 4.74 Å². The molecule has 0 saturated heterocycles. The van der Waals surface area contributed by atoms with Crippen molar-refractivity contribution in [2.24, 2.45) is 0 Å². The summed E-state index contributed by atoms with van der Waals surface area (Å²) in [5, 5.41) is 2.92. The van der Waals surface area contributed by atoms with E-state index < -0.39 is 0 Å². The lowest BCUT2D eigenvalue weighted by molar-refractivity contribution is -0.120. The Bertz CT molecular complexity index is 525. The van der Waals surface area contributed by atoms with Crippen molar-refractivity contribution in [2.45, 2.75) is 19.6 Å². The van der Waals surface area contributed by atoms with Gasteiger partial charge in [-0.2, -0.15) is 0 Å². The highest BCUT2D eigenvalue weighted by atomic mass is 16.5. The predicted molar refractivity (Wildman–Crippen MR) is 79.1 cm³/mol. The number of carbonyl (C=O) groups is 1. The third-order valence-electron chi connectivity index (χ3n) is 2.98. The summed E-state index contributed by atoms with van der Waals surface area (Å²) in [6.45, 7) is 2.52. The largest absolute Gasteiger partial charge is 0.374 e. The standard InChI is InChI=1S/C17H19NO2/c1-14(19)18-17(16-10-6-3-7-11-16)13-20-12-15-8-4-2-5-9-15/h2-11,17H,12-13H2,1H3,(H,18,19)/t17-/m0/s1. The Balaban J connectivity index is 1.93. The Kier molecular flexibility index (Phi) is 5.33. The second kappa shape index (κ2) is 7.46. The zero-order valence-corrected chi connectivity index (χ0v) is 11.6. The molecule has 2 aromatic carbocycles. The Labute approximate surface area is 119 Å². The summed E-state index contributed by atoms with van der Waals surface area (Å²) in [4.78, 5) is 11.3. The highest BCUT2D eigenvalue weighted by molar-refractivity contribution is 5.73. The third-order valence-corrected chi connectivity index (χ3v) is 2.98. The van der Waals surface area contributed by atoms with Gasteiger partial charge in [0.1, 0.15) is 0 Å². The van der Waals surface area contributed by atoms with Crippen molar-refractivity contribution in [2.75, 3.05) is 6.61 Å². The summed E-state index contributed by atoms with van der Waals surface area (Å²) < 4.78 is 5.72. The Morgan fingerprint density at radius 2 is 1.65 bits per heavy atom. The Hall–Kier alpha value is -2.13. The van der Waals surface area contributed by atoms with Gasteiger partial charge in [0.25, 0.3) is 0 Å². The van der Waals surface area contributed by atoms with Crippen molar-refractivity contribution in [3.63, 3.8) is 0 Å². The molecule has 0 aromatic heterocycles. The van der Waals surface area contributed by atoms with Gasteiger partial charge in [-0.05, 0) is 11.1 Å². The number of hydrogen-bond donors (Lipinski definition) is 1. The smallest absolute Gasteiger partial charge is 0.217 e. The van der Waals surface area contributed by atoms with Crippen LogP contribution in [0.15, 0.2) is 60.7 Å². The van der Waals surface area contributed by atoms with E-state index in [0.29, 0.717) is 13.2 Å². The highest BCUT2D eigenvalue weighted by Gasteiger charge is 2.12. The van der Waals surface area contributed by atoms with Crippen LogP contribution in [0, 0.1) is 0 Å². The number of nitrogens with one attached hydrogen (secondary N) is 1. The van der Waals surface area contributed by atoms with Crippen LogP contribution in [0.2, 0.25) is 0 Å². The first-order valence-electron chi connectivity index (χ1n) is 6.69. The number of carbonyl (C=O) groups excluding carboxylic acids is 1. The second-order valence-corrected chi connectivity index (χ2v) is 4.66. The molecule has 3 heteroatoms. The van der Waals surface area contributed by atoms with Crippen LogP contribution in [0.5, 0.6) is 0 Å². The monoisotopic (exact) mass is 269 g/mol. The SMILES string of the molecule is CC(=O)N[C@@H](COCc1ccccc1)c1ccccc1. The van der Waals surface area contributed by atoms with Gasteiger partial charge in [0.05, 0.1) is 19.3 Å². The minimum Gasteiger partial charge on any atom is -0.374 e. The van der Waals surface area contributed by atoms with Gasteiger partial charge in [0, 0.05) is 6.92 Å². The van der Waals surface area contributed by atoms with Crippen molar-refractivity contribution in [3.05, 3.63) is 71.8 Å². The number of benzene rings is 2. The molecule has 1 N–H and O–H groups in total. The molecule has 3 nitrogen and oxygen atoms in total. The molecule has 0 aliphatic carbocycles. The molecule has 0 radical (unpaired) electrons. The molecule has 0 unspecified atom stereocenters. The van der Waals surface area contributed by atoms with Gasteiger partial charge in [-0.3, -0.25) is 4.79 Å². The lowest BCUT2D eigenvalue weighted by Crippen LogP contribution is -2.29. The summed E-state index contributed by atoms with van der Waals surface area (Å²) in [6, 6.07) is 19.8. The maximum absolute atomic E-state index is 11.3. The van der Waals surface area contributed by atoms with Crippen LogP contribution >= 0.6 is 0 Å². The fourth-order valence-corrected chi connectivity index (χ4v) is 2.02. The van der Waals surface area contributed by atoms with E-state index in [1.54, 1.807) is 0 Å². The number of rotatable bonds is 6. The quantitative estimate of drug-likeness (QED) is 0.875. The predicted octanol–water partition coefficient (Wildman–Crippen LogP) is 3.08. The molecule has 2 aromatic rings. The van der Waals surface area contributed by atoms with Crippen molar-refractivity contribution in [3.8, 4) is 0 Å². The molecular weight excluding hydrogens is 250 g/mol. The van der Waals surface area contributed by atoms with E-state index >= 15 is 0 Å². The summed E-state index contributed by atoms with van der Waals surface area (Å²) >= 11 is 0. The lowest BCUT2D eigenvalue weighted by atomic mass is 10.1. The maximum atomic E-state index is 11.3. The summed E-state index contributed by atoms with van der Waals surface area (Å²) in [7, 11) is 0.